The lowest BCUT2D eigenvalue weighted by Crippen LogP contribution is -2.05. The van der Waals surface area contributed by atoms with Crippen LogP contribution in [-0.2, 0) is 6.18 Å². The van der Waals surface area contributed by atoms with E-state index in [1.54, 1.807) is 0 Å². The maximum atomic E-state index is 12.8. The highest BCUT2D eigenvalue weighted by Crippen LogP contribution is 2.36. The number of halogens is 3. The zero-order valence-electron chi connectivity index (χ0n) is 10.8. The molecule has 0 aliphatic heterocycles. The van der Waals surface area contributed by atoms with E-state index in [1.807, 2.05) is 0 Å². The molecule has 0 aliphatic rings. The third-order valence-corrected chi connectivity index (χ3v) is 2.94. The van der Waals surface area contributed by atoms with Crippen LogP contribution >= 0.6 is 0 Å². The number of aromatic nitrogens is 4. The maximum Gasteiger partial charge on any atom is 0.416 e. The number of nitrogens with zero attached hydrogens (tertiary/aromatic N) is 3. The first-order valence-electron chi connectivity index (χ1n) is 5.90. The molecule has 0 fully saturated rings. The third-order valence-electron chi connectivity index (χ3n) is 2.94. The minimum absolute atomic E-state index is 0.213. The monoisotopic (exact) mass is 294 g/mol. The first-order valence-corrected chi connectivity index (χ1v) is 5.90. The highest BCUT2D eigenvalue weighted by molar-refractivity contribution is 5.77. The van der Waals surface area contributed by atoms with Gasteiger partial charge in [0.15, 0.2) is 5.65 Å². The molecule has 2 aromatic heterocycles. The van der Waals surface area contributed by atoms with Gasteiger partial charge in [-0.1, -0.05) is 0 Å². The third kappa shape index (κ3) is 2.39. The molecule has 1 N–H and O–H groups in total. The largest absolute Gasteiger partial charge is 0.496 e. The van der Waals surface area contributed by atoms with Crippen molar-refractivity contribution >= 4 is 11.2 Å². The predicted octanol–water partition coefficient (Wildman–Crippen LogP) is 3.05. The number of rotatable bonds is 2. The maximum absolute atomic E-state index is 12.8. The second kappa shape index (κ2) is 4.72. The van der Waals surface area contributed by atoms with Gasteiger partial charge in [-0.15, -0.1) is 0 Å². The van der Waals surface area contributed by atoms with Crippen molar-refractivity contribution in [2.75, 3.05) is 7.11 Å². The summed E-state index contributed by atoms with van der Waals surface area (Å²) >= 11 is 0. The Labute approximate surface area is 116 Å². The molecule has 108 valence electrons. The van der Waals surface area contributed by atoms with Crippen molar-refractivity contribution < 1.29 is 17.9 Å². The van der Waals surface area contributed by atoms with Gasteiger partial charge in [-0.25, -0.2) is 15.0 Å². The Morgan fingerprint density at radius 3 is 2.71 bits per heavy atom. The van der Waals surface area contributed by atoms with Crippen LogP contribution in [0.4, 0.5) is 13.2 Å². The first-order chi connectivity index (χ1) is 9.99. The number of hydrogen-bond donors (Lipinski definition) is 1. The number of ether oxygens (including phenoxy) is 1. The van der Waals surface area contributed by atoms with Crippen molar-refractivity contribution in [3.63, 3.8) is 0 Å². The van der Waals surface area contributed by atoms with Gasteiger partial charge in [0.05, 0.1) is 24.4 Å². The number of nitrogens with one attached hydrogen (secondary N) is 1. The van der Waals surface area contributed by atoms with Crippen LogP contribution in [0.15, 0.2) is 30.7 Å². The number of alkyl halides is 3. The van der Waals surface area contributed by atoms with Gasteiger partial charge in [0, 0.05) is 0 Å². The van der Waals surface area contributed by atoms with Gasteiger partial charge in [0.2, 0.25) is 0 Å². The highest BCUT2D eigenvalue weighted by Gasteiger charge is 2.31. The van der Waals surface area contributed by atoms with Crippen molar-refractivity contribution in [1.82, 2.24) is 19.9 Å². The molecular formula is C13H9F3N4O. The number of methoxy groups -OCH3 is 1. The Kier molecular flexibility index (Phi) is 3.00. The minimum atomic E-state index is -4.44. The second-order valence-electron chi connectivity index (χ2n) is 4.26. The molecule has 0 saturated carbocycles. The van der Waals surface area contributed by atoms with Gasteiger partial charge in [0.1, 0.15) is 23.4 Å². The Bertz CT molecular complexity index is 764. The summed E-state index contributed by atoms with van der Waals surface area (Å²) < 4.78 is 43.6. The molecule has 3 rings (SSSR count). The van der Waals surface area contributed by atoms with E-state index in [9.17, 15) is 13.2 Å². The topological polar surface area (TPSA) is 63.7 Å². The van der Waals surface area contributed by atoms with Crippen LogP contribution in [0.5, 0.6) is 5.75 Å². The van der Waals surface area contributed by atoms with E-state index in [4.69, 9.17) is 4.74 Å². The Hall–Kier alpha value is -2.64. The molecule has 0 bridgehead atoms. The lowest BCUT2D eigenvalue weighted by atomic mass is 10.1. The molecule has 0 radical (unpaired) electrons. The summed E-state index contributed by atoms with van der Waals surface area (Å²) in [5.41, 5.74) is 0.349. The van der Waals surface area contributed by atoms with Crippen LogP contribution in [-0.4, -0.2) is 27.0 Å². The van der Waals surface area contributed by atoms with Crippen molar-refractivity contribution in [3.8, 4) is 17.1 Å². The van der Waals surface area contributed by atoms with E-state index >= 15 is 0 Å². The molecule has 0 saturated heterocycles. The molecule has 5 nitrogen and oxygen atoms in total. The molecule has 0 aliphatic carbocycles. The quantitative estimate of drug-likeness (QED) is 0.789. The molecule has 1 aromatic carbocycles. The van der Waals surface area contributed by atoms with Crippen molar-refractivity contribution in [3.05, 3.63) is 36.3 Å². The van der Waals surface area contributed by atoms with Crippen LogP contribution in [0.2, 0.25) is 0 Å². The van der Waals surface area contributed by atoms with Gasteiger partial charge >= 0.3 is 6.18 Å². The number of hydrogen-bond acceptors (Lipinski definition) is 4. The van der Waals surface area contributed by atoms with Gasteiger partial charge in [-0.3, -0.25) is 0 Å². The molecule has 8 heteroatoms. The summed E-state index contributed by atoms with van der Waals surface area (Å²) in [6.07, 6.45) is -1.62. The lowest BCUT2D eigenvalue weighted by molar-refractivity contribution is -0.137. The number of imidazole rings is 1. The van der Waals surface area contributed by atoms with Crippen LogP contribution < -0.4 is 4.74 Å². The SMILES string of the molecule is COc1ccc(C(F)(F)F)cc1-c1nc2ncncc2[nH]1. The number of aromatic amines is 1. The molecule has 0 spiro atoms. The average molecular weight is 294 g/mol. The Morgan fingerprint density at radius 2 is 2.05 bits per heavy atom. The average Bonchev–Trinajstić information content (AvgIpc) is 2.89. The van der Waals surface area contributed by atoms with Crippen LogP contribution in [0.1, 0.15) is 5.56 Å². The number of H-pyrrole nitrogens is 1. The Balaban J connectivity index is 2.19. The van der Waals surface area contributed by atoms with E-state index in [1.165, 1.54) is 25.7 Å². The van der Waals surface area contributed by atoms with Crippen LogP contribution in [0, 0.1) is 0 Å². The first kappa shape index (κ1) is 13.3. The molecule has 2 heterocycles. The fourth-order valence-electron chi connectivity index (χ4n) is 1.96. The smallest absolute Gasteiger partial charge is 0.416 e. The molecule has 0 unspecified atom stereocenters. The number of benzene rings is 1. The van der Waals surface area contributed by atoms with E-state index in [0.29, 0.717) is 11.2 Å². The van der Waals surface area contributed by atoms with E-state index in [2.05, 4.69) is 19.9 Å². The lowest BCUT2D eigenvalue weighted by Gasteiger charge is -2.11. The van der Waals surface area contributed by atoms with Gasteiger partial charge < -0.3 is 9.72 Å². The zero-order valence-corrected chi connectivity index (χ0v) is 10.8. The molecule has 0 amide bonds. The van der Waals surface area contributed by atoms with Crippen molar-refractivity contribution in [2.24, 2.45) is 0 Å². The van der Waals surface area contributed by atoms with Crippen LogP contribution in [0.3, 0.4) is 0 Å². The minimum Gasteiger partial charge on any atom is -0.496 e. The standard InChI is InChI=1S/C13H9F3N4O/c1-21-10-3-2-7(13(14,15)16)4-8(10)11-19-9-5-17-6-18-12(9)20-11/h2-6H,1H3,(H,17,18,19,20). The fourth-order valence-corrected chi connectivity index (χ4v) is 1.96. The van der Waals surface area contributed by atoms with E-state index in [-0.39, 0.29) is 17.1 Å². The zero-order chi connectivity index (χ0) is 15.0. The summed E-state index contributed by atoms with van der Waals surface area (Å²) in [5.74, 6) is 0.531. The summed E-state index contributed by atoms with van der Waals surface area (Å²) in [6.45, 7) is 0. The highest BCUT2D eigenvalue weighted by atomic mass is 19.4. The summed E-state index contributed by atoms with van der Waals surface area (Å²) in [5, 5.41) is 0. The Morgan fingerprint density at radius 1 is 1.24 bits per heavy atom. The summed E-state index contributed by atoms with van der Waals surface area (Å²) in [6, 6.07) is 3.21. The summed E-state index contributed by atoms with van der Waals surface area (Å²) in [7, 11) is 1.38. The van der Waals surface area contributed by atoms with Gasteiger partial charge in [-0.2, -0.15) is 13.2 Å². The molecule has 3 aromatic rings. The fraction of sp³-hybridized carbons (Fsp3) is 0.154. The molecular weight excluding hydrogens is 285 g/mol. The molecule has 21 heavy (non-hydrogen) atoms. The predicted molar refractivity (Wildman–Crippen MR) is 68.7 cm³/mol. The number of fused-ring (bicyclic) bond motifs is 1. The van der Waals surface area contributed by atoms with Gasteiger partial charge in [-0.05, 0) is 18.2 Å². The summed E-state index contributed by atoms with van der Waals surface area (Å²) in [4.78, 5) is 14.8. The second-order valence-corrected chi connectivity index (χ2v) is 4.26. The normalized spacial score (nSPS) is 11.8. The van der Waals surface area contributed by atoms with E-state index < -0.39 is 11.7 Å². The van der Waals surface area contributed by atoms with Crippen LogP contribution in [0.25, 0.3) is 22.6 Å². The van der Waals surface area contributed by atoms with Gasteiger partial charge in [0.25, 0.3) is 0 Å². The van der Waals surface area contributed by atoms with Crippen molar-refractivity contribution in [2.45, 2.75) is 6.18 Å². The van der Waals surface area contributed by atoms with Crippen molar-refractivity contribution in [1.29, 1.82) is 0 Å². The van der Waals surface area contributed by atoms with E-state index in [0.717, 1.165) is 12.1 Å². The molecule has 0 atom stereocenters.